The molecule has 2 aromatic carbocycles. The molecule has 0 aliphatic carbocycles. The lowest BCUT2D eigenvalue weighted by molar-refractivity contribution is 0.0600. The smallest absolute Gasteiger partial charge is 0.338 e. The fourth-order valence-electron chi connectivity index (χ4n) is 2.83. The SMILES string of the molecule is COC(=O)c1c(-c2ccnc3ccccc23)ccc(OC)c1C. The van der Waals surface area contributed by atoms with E-state index in [4.69, 9.17) is 9.47 Å². The number of esters is 1. The van der Waals surface area contributed by atoms with Crippen molar-refractivity contribution in [2.45, 2.75) is 6.92 Å². The fraction of sp³-hybridized carbons (Fsp3) is 0.158. The number of pyridine rings is 1. The Kier molecular flexibility index (Phi) is 3.98. The molecule has 0 N–H and O–H groups in total. The Morgan fingerprint density at radius 3 is 2.52 bits per heavy atom. The zero-order chi connectivity index (χ0) is 16.4. The summed E-state index contributed by atoms with van der Waals surface area (Å²) >= 11 is 0. The number of benzene rings is 2. The van der Waals surface area contributed by atoms with Crippen LogP contribution in [0.2, 0.25) is 0 Å². The summed E-state index contributed by atoms with van der Waals surface area (Å²) < 4.78 is 10.3. The number of hydrogen-bond donors (Lipinski definition) is 0. The second-order valence-electron chi connectivity index (χ2n) is 5.18. The molecule has 4 nitrogen and oxygen atoms in total. The van der Waals surface area contributed by atoms with E-state index >= 15 is 0 Å². The number of methoxy groups -OCH3 is 2. The molecular weight excluding hydrogens is 290 g/mol. The van der Waals surface area contributed by atoms with Crippen molar-refractivity contribution in [1.82, 2.24) is 4.98 Å². The third kappa shape index (κ3) is 2.52. The molecule has 0 atom stereocenters. The Morgan fingerprint density at radius 1 is 1.00 bits per heavy atom. The van der Waals surface area contributed by atoms with Crippen molar-refractivity contribution < 1.29 is 14.3 Å². The Labute approximate surface area is 134 Å². The second-order valence-corrected chi connectivity index (χ2v) is 5.18. The molecule has 0 bridgehead atoms. The highest BCUT2D eigenvalue weighted by Crippen LogP contribution is 2.35. The molecule has 4 heteroatoms. The van der Waals surface area contributed by atoms with Crippen LogP contribution in [0.4, 0.5) is 0 Å². The van der Waals surface area contributed by atoms with Crippen LogP contribution >= 0.6 is 0 Å². The minimum Gasteiger partial charge on any atom is -0.496 e. The van der Waals surface area contributed by atoms with Gasteiger partial charge in [0, 0.05) is 17.1 Å². The number of fused-ring (bicyclic) bond motifs is 1. The molecule has 0 radical (unpaired) electrons. The van der Waals surface area contributed by atoms with Crippen molar-refractivity contribution in [3.63, 3.8) is 0 Å². The van der Waals surface area contributed by atoms with Gasteiger partial charge in [0.05, 0.1) is 25.3 Å². The van der Waals surface area contributed by atoms with E-state index in [9.17, 15) is 4.79 Å². The standard InChI is InChI=1S/C19H17NO3/c1-12-17(22-2)9-8-15(18(12)19(21)23-3)13-10-11-20-16-7-5-4-6-14(13)16/h4-11H,1-3H3. The normalized spacial score (nSPS) is 10.6. The molecule has 3 rings (SSSR count). The highest BCUT2D eigenvalue weighted by Gasteiger charge is 2.20. The Hall–Kier alpha value is -2.88. The molecular formula is C19H17NO3. The molecule has 0 saturated heterocycles. The average molecular weight is 307 g/mol. The first-order valence-electron chi connectivity index (χ1n) is 7.27. The Balaban J connectivity index is 2.35. The molecule has 3 aromatic rings. The summed E-state index contributed by atoms with van der Waals surface area (Å²) in [5, 5.41) is 0.990. The number of carbonyl (C=O) groups is 1. The minimum absolute atomic E-state index is 0.378. The zero-order valence-corrected chi connectivity index (χ0v) is 13.3. The Morgan fingerprint density at radius 2 is 1.78 bits per heavy atom. The predicted octanol–water partition coefficient (Wildman–Crippen LogP) is 4.01. The maximum absolute atomic E-state index is 12.3. The van der Waals surface area contributed by atoms with Gasteiger partial charge in [0.2, 0.25) is 0 Å². The van der Waals surface area contributed by atoms with Crippen LogP contribution < -0.4 is 4.74 Å². The minimum atomic E-state index is -0.378. The highest BCUT2D eigenvalue weighted by atomic mass is 16.5. The van der Waals surface area contributed by atoms with E-state index in [-0.39, 0.29) is 5.97 Å². The van der Waals surface area contributed by atoms with Gasteiger partial charge in [-0.05, 0) is 42.3 Å². The van der Waals surface area contributed by atoms with Gasteiger partial charge in [-0.25, -0.2) is 4.79 Å². The summed E-state index contributed by atoms with van der Waals surface area (Å²) in [6, 6.07) is 13.5. The predicted molar refractivity (Wildman–Crippen MR) is 89.8 cm³/mol. The number of carbonyl (C=O) groups excluding carboxylic acids is 1. The van der Waals surface area contributed by atoms with Crippen LogP contribution in [0.25, 0.3) is 22.0 Å². The van der Waals surface area contributed by atoms with Gasteiger partial charge >= 0.3 is 5.97 Å². The van der Waals surface area contributed by atoms with Crippen molar-refractivity contribution in [3.05, 3.63) is 59.8 Å². The van der Waals surface area contributed by atoms with E-state index in [0.29, 0.717) is 11.3 Å². The molecule has 1 heterocycles. The van der Waals surface area contributed by atoms with Gasteiger partial charge < -0.3 is 9.47 Å². The summed E-state index contributed by atoms with van der Waals surface area (Å²) in [4.78, 5) is 16.7. The quantitative estimate of drug-likeness (QED) is 0.686. The topological polar surface area (TPSA) is 48.4 Å². The first-order valence-corrected chi connectivity index (χ1v) is 7.27. The van der Waals surface area contributed by atoms with E-state index in [1.165, 1.54) is 7.11 Å². The summed E-state index contributed by atoms with van der Waals surface area (Å²) in [5.74, 6) is 0.282. The van der Waals surface area contributed by atoms with E-state index < -0.39 is 0 Å². The monoisotopic (exact) mass is 307 g/mol. The van der Waals surface area contributed by atoms with Crippen molar-refractivity contribution in [2.24, 2.45) is 0 Å². The first-order chi connectivity index (χ1) is 11.2. The van der Waals surface area contributed by atoms with Gasteiger partial charge in [-0.1, -0.05) is 18.2 Å². The van der Waals surface area contributed by atoms with Gasteiger partial charge in [0.25, 0.3) is 0 Å². The maximum Gasteiger partial charge on any atom is 0.338 e. The van der Waals surface area contributed by atoms with Crippen molar-refractivity contribution >= 4 is 16.9 Å². The lowest BCUT2D eigenvalue weighted by Gasteiger charge is -2.15. The molecule has 0 saturated carbocycles. The van der Waals surface area contributed by atoms with Gasteiger partial charge in [-0.15, -0.1) is 0 Å². The van der Waals surface area contributed by atoms with E-state index in [1.54, 1.807) is 13.3 Å². The lowest BCUT2D eigenvalue weighted by Crippen LogP contribution is -2.07. The zero-order valence-electron chi connectivity index (χ0n) is 13.3. The van der Waals surface area contributed by atoms with Crippen LogP contribution in [0.3, 0.4) is 0 Å². The second kappa shape index (κ2) is 6.08. The van der Waals surface area contributed by atoms with Gasteiger partial charge in [0.15, 0.2) is 0 Å². The van der Waals surface area contributed by atoms with E-state index in [2.05, 4.69) is 4.98 Å². The van der Waals surface area contributed by atoms with Gasteiger partial charge in [0.1, 0.15) is 5.75 Å². The summed E-state index contributed by atoms with van der Waals surface area (Å²) in [7, 11) is 2.97. The average Bonchev–Trinajstić information content (AvgIpc) is 2.60. The lowest BCUT2D eigenvalue weighted by atomic mass is 9.93. The number of para-hydroxylation sites is 1. The molecule has 116 valence electrons. The number of rotatable bonds is 3. The van der Waals surface area contributed by atoms with Crippen molar-refractivity contribution in [1.29, 1.82) is 0 Å². The summed E-state index contributed by atoms with van der Waals surface area (Å²) in [5.41, 5.74) is 3.92. The van der Waals surface area contributed by atoms with Crippen LogP contribution in [0, 0.1) is 6.92 Å². The largest absolute Gasteiger partial charge is 0.496 e. The molecule has 0 fully saturated rings. The molecule has 0 amide bonds. The van der Waals surface area contributed by atoms with Crippen LogP contribution in [-0.4, -0.2) is 25.2 Å². The number of aromatic nitrogens is 1. The fourth-order valence-corrected chi connectivity index (χ4v) is 2.83. The number of ether oxygens (including phenoxy) is 2. The third-order valence-corrected chi connectivity index (χ3v) is 3.96. The van der Waals surface area contributed by atoms with Crippen LogP contribution in [0.5, 0.6) is 5.75 Å². The highest BCUT2D eigenvalue weighted by molar-refractivity contribution is 6.04. The van der Waals surface area contributed by atoms with Crippen molar-refractivity contribution in [3.8, 4) is 16.9 Å². The van der Waals surface area contributed by atoms with Crippen LogP contribution in [0.1, 0.15) is 15.9 Å². The van der Waals surface area contributed by atoms with Gasteiger partial charge in [-0.3, -0.25) is 4.98 Å². The third-order valence-electron chi connectivity index (χ3n) is 3.96. The van der Waals surface area contributed by atoms with Crippen molar-refractivity contribution in [2.75, 3.05) is 14.2 Å². The van der Waals surface area contributed by atoms with Gasteiger partial charge in [-0.2, -0.15) is 0 Å². The number of hydrogen-bond acceptors (Lipinski definition) is 4. The molecule has 1 aromatic heterocycles. The molecule has 0 unspecified atom stereocenters. The maximum atomic E-state index is 12.3. The van der Waals surface area contributed by atoms with E-state index in [1.807, 2.05) is 49.4 Å². The Bertz CT molecular complexity index is 882. The number of nitrogens with zero attached hydrogens (tertiary/aromatic N) is 1. The first kappa shape index (κ1) is 15.0. The molecule has 0 spiro atoms. The molecule has 0 aliphatic rings. The summed E-state index contributed by atoms with van der Waals surface area (Å²) in [6.45, 7) is 1.86. The summed E-state index contributed by atoms with van der Waals surface area (Å²) in [6.07, 6.45) is 1.75. The molecule has 23 heavy (non-hydrogen) atoms. The molecule has 0 aliphatic heterocycles. The van der Waals surface area contributed by atoms with Crippen LogP contribution in [0.15, 0.2) is 48.7 Å². The van der Waals surface area contributed by atoms with Crippen LogP contribution in [-0.2, 0) is 4.74 Å². The van der Waals surface area contributed by atoms with E-state index in [0.717, 1.165) is 27.6 Å².